The molecule has 0 radical (unpaired) electrons. The molecule has 0 unspecified atom stereocenters. The third-order valence-electron chi connectivity index (χ3n) is 8.97. The Morgan fingerprint density at radius 2 is 0.787 bits per heavy atom. The number of hydrogen-bond donors (Lipinski definition) is 0. The fraction of sp³-hybridized carbons (Fsp3) is 0. The van der Waals surface area contributed by atoms with E-state index < -0.39 is 0 Å². The monoisotopic (exact) mass is 618 g/mol. The number of anilines is 6. The van der Waals surface area contributed by atoms with Crippen molar-refractivity contribution in [3.63, 3.8) is 0 Å². The van der Waals surface area contributed by atoms with E-state index in [9.17, 15) is 0 Å². The van der Waals surface area contributed by atoms with E-state index in [-0.39, 0.29) is 0 Å². The number of hydrogen-bond acceptors (Lipinski definition) is 3. The van der Waals surface area contributed by atoms with Crippen LogP contribution in [0.5, 0.6) is 0 Å². The summed E-state index contributed by atoms with van der Waals surface area (Å²) >= 11 is 1.88. The van der Waals surface area contributed by atoms with Gasteiger partial charge in [-0.2, -0.15) is 0 Å². The van der Waals surface area contributed by atoms with Gasteiger partial charge in [-0.3, -0.25) is 0 Å². The SMILES string of the molecule is c1ccc(N(c2ccccc2)c2cc3ccccc3c3c2cc(N(c2ccccc2)c2ccccc2)c2sc4ccccc4c23)cc1. The molecule has 9 rings (SSSR count). The third kappa shape index (κ3) is 4.63. The smallest absolute Gasteiger partial charge is 0.0647 e. The Hall–Kier alpha value is -5.90. The van der Waals surface area contributed by atoms with Crippen LogP contribution < -0.4 is 9.80 Å². The molecule has 0 aliphatic heterocycles. The fourth-order valence-electron chi connectivity index (χ4n) is 6.95. The molecule has 0 aliphatic carbocycles. The lowest BCUT2D eigenvalue weighted by atomic mass is 9.94. The molecule has 2 nitrogen and oxygen atoms in total. The van der Waals surface area contributed by atoms with Crippen LogP contribution in [-0.4, -0.2) is 0 Å². The van der Waals surface area contributed by atoms with E-state index in [1.165, 1.54) is 47.4 Å². The first kappa shape index (κ1) is 27.4. The Labute approximate surface area is 278 Å². The van der Waals surface area contributed by atoms with Gasteiger partial charge < -0.3 is 9.80 Å². The normalized spacial score (nSPS) is 11.4. The van der Waals surface area contributed by atoms with Gasteiger partial charge >= 0.3 is 0 Å². The Morgan fingerprint density at radius 1 is 0.340 bits per heavy atom. The Morgan fingerprint density at radius 3 is 1.34 bits per heavy atom. The molecule has 0 spiro atoms. The second-order valence-electron chi connectivity index (χ2n) is 11.8. The van der Waals surface area contributed by atoms with Gasteiger partial charge in [0.05, 0.1) is 16.1 Å². The first-order chi connectivity index (χ1) is 23.3. The lowest BCUT2D eigenvalue weighted by Crippen LogP contribution is -2.12. The minimum atomic E-state index is 1.12. The van der Waals surface area contributed by atoms with Gasteiger partial charge in [-0.1, -0.05) is 115 Å². The van der Waals surface area contributed by atoms with Crippen molar-refractivity contribution in [1.29, 1.82) is 0 Å². The van der Waals surface area contributed by atoms with Crippen LogP contribution in [0.1, 0.15) is 0 Å². The fourth-order valence-corrected chi connectivity index (χ4v) is 8.17. The van der Waals surface area contributed by atoms with Crippen LogP contribution >= 0.6 is 11.3 Å². The number of fused-ring (bicyclic) bond motifs is 7. The topological polar surface area (TPSA) is 6.48 Å². The summed E-state index contributed by atoms with van der Waals surface area (Å²) in [7, 11) is 0. The third-order valence-corrected chi connectivity index (χ3v) is 10.2. The Bertz CT molecular complexity index is 2350. The molecular formula is C44H30N2S. The molecule has 0 saturated heterocycles. The lowest BCUT2D eigenvalue weighted by Gasteiger charge is -2.30. The number of nitrogens with zero attached hydrogens (tertiary/aromatic N) is 2. The molecular weight excluding hydrogens is 589 g/mol. The molecule has 0 amide bonds. The molecule has 1 aromatic heterocycles. The zero-order valence-corrected chi connectivity index (χ0v) is 26.4. The molecule has 0 saturated carbocycles. The summed E-state index contributed by atoms with van der Waals surface area (Å²) < 4.78 is 2.56. The van der Waals surface area contributed by atoms with Gasteiger partial charge in [0.25, 0.3) is 0 Å². The van der Waals surface area contributed by atoms with E-state index >= 15 is 0 Å². The van der Waals surface area contributed by atoms with Crippen molar-refractivity contribution in [2.75, 3.05) is 9.80 Å². The van der Waals surface area contributed by atoms with E-state index in [2.05, 4.69) is 192 Å². The lowest BCUT2D eigenvalue weighted by molar-refractivity contribution is 1.29. The van der Waals surface area contributed by atoms with E-state index in [1.807, 2.05) is 11.3 Å². The number of para-hydroxylation sites is 4. The Kier molecular flexibility index (Phi) is 6.69. The highest BCUT2D eigenvalue weighted by Gasteiger charge is 2.25. The molecule has 0 atom stereocenters. The average molecular weight is 619 g/mol. The van der Waals surface area contributed by atoms with Crippen LogP contribution in [0, 0.1) is 0 Å². The second-order valence-corrected chi connectivity index (χ2v) is 12.8. The summed E-state index contributed by atoms with van der Waals surface area (Å²) in [6, 6.07) is 65.5. The summed E-state index contributed by atoms with van der Waals surface area (Å²) in [4.78, 5) is 4.83. The summed E-state index contributed by atoms with van der Waals surface area (Å²) in [5.74, 6) is 0. The number of rotatable bonds is 6. The van der Waals surface area contributed by atoms with Crippen molar-refractivity contribution in [3.8, 4) is 0 Å². The van der Waals surface area contributed by atoms with Crippen LogP contribution in [-0.2, 0) is 0 Å². The standard InChI is InChI=1S/C44H30N2S/c1-5-18-32(19-6-1)45(33-20-7-2-8-21-33)39-29-31-17-13-14-26-36(31)42-38(39)30-40(44-43(42)37-27-15-16-28-41(37)47-44)46(34-22-9-3-10-23-34)35-24-11-4-12-25-35/h1-30H. The summed E-state index contributed by atoms with van der Waals surface area (Å²) in [5, 5.41) is 7.56. The first-order valence-electron chi connectivity index (χ1n) is 16.0. The maximum Gasteiger partial charge on any atom is 0.0647 e. The molecule has 0 aliphatic rings. The quantitative estimate of drug-likeness (QED) is 0.171. The zero-order chi connectivity index (χ0) is 31.2. The van der Waals surface area contributed by atoms with Crippen molar-refractivity contribution >= 4 is 87.2 Å². The van der Waals surface area contributed by atoms with Gasteiger partial charge in [0.2, 0.25) is 0 Å². The van der Waals surface area contributed by atoms with E-state index in [0.717, 1.165) is 28.4 Å². The van der Waals surface area contributed by atoms with Crippen LogP contribution in [0.2, 0.25) is 0 Å². The van der Waals surface area contributed by atoms with Crippen LogP contribution in [0.15, 0.2) is 182 Å². The molecule has 8 aromatic carbocycles. The van der Waals surface area contributed by atoms with Crippen LogP contribution in [0.4, 0.5) is 34.1 Å². The highest BCUT2D eigenvalue weighted by molar-refractivity contribution is 7.26. The van der Waals surface area contributed by atoms with Gasteiger partial charge in [-0.25, -0.2) is 0 Å². The maximum atomic E-state index is 2.44. The molecule has 0 bridgehead atoms. The molecule has 3 heteroatoms. The second kappa shape index (κ2) is 11.5. The van der Waals surface area contributed by atoms with Gasteiger partial charge in [0.1, 0.15) is 0 Å². The van der Waals surface area contributed by atoms with Crippen molar-refractivity contribution in [3.05, 3.63) is 182 Å². The van der Waals surface area contributed by atoms with Gasteiger partial charge in [0, 0.05) is 49.0 Å². The summed E-state index contributed by atoms with van der Waals surface area (Å²) in [6.07, 6.45) is 0. The number of benzene rings is 8. The summed E-state index contributed by atoms with van der Waals surface area (Å²) in [5.41, 5.74) is 6.81. The van der Waals surface area contributed by atoms with E-state index in [1.54, 1.807) is 0 Å². The zero-order valence-electron chi connectivity index (χ0n) is 25.6. The Balaban J connectivity index is 1.50. The molecule has 222 valence electrons. The van der Waals surface area contributed by atoms with Crippen molar-refractivity contribution < 1.29 is 0 Å². The van der Waals surface area contributed by atoms with Crippen LogP contribution in [0.25, 0.3) is 41.7 Å². The molecule has 9 aromatic rings. The average Bonchev–Trinajstić information content (AvgIpc) is 3.54. The predicted molar refractivity (Wildman–Crippen MR) is 204 cm³/mol. The highest BCUT2D eigenvalue weighted by Crippen LogP contribution is 2.52. The van der Waals surface area contributed by atoms with Crippen molar-refractivity contribution in [2.45, 2.75) is 0 Å². The van der Waals surface area contributed by atoms with Crippen LogP contribution in [0.3, 0.4) is 0 Å². The largest absolute Gasteiger partial charge is 0.310 e. The molecule has 47 heavy (non-hydrogen) atoms. The highest BCUT2D eigenvalue weighted by atomic mass is 32.1. The minimum absolute atomic E-state index is 1.12. The van der Waals surface area contributed by atoms with Gasteiger partial charge in [-0.05, 0) is 77.5 Å². The van der Waals surface area contributed by atoms with Gasteiger partial charge in [0.15, 0.2) is 0 Å². The maximum absolute atomic E-state index is 2.44. The van der Waals surface area contributed by atoms with Gasteiger partial charge in [-0.15, -0.1) is 11.3 Å². The molecule has 0 N–H and O–H groups in total. The summed E-state index contributed by atoms with van der Waals surface area (Å²) in [6.45, 7) is 0. The van der Waals surface area contributed by atoms with E-state index in [4.69, 9.17) is 0 Å². The first-order valence-corrected chi connectivity index (χ1v) is 16.8. The predicted octanol–water partition coefficient (Wildman–Crippen LogP) is 13.3. The van der Waals surface area contributed by atoms with E-state index in [0.29, 0.717) is 0 Å². The molecule has 0 fully saturated rings. The number of thiophene rings is 1. The van der Waals surface area contributed by atoms with Crippen molar-refractivity contribution in [1.82, 2.24) is 0 Å². The van der Waals surface area contributed by atoms with Crippen molar-refractivity contribution in [2.24, 2.45) is 0 Å². The minimum Gasteiger partial charge on any atom is -0.310 e. The molecule has 1 heterocycles.